The van der Waals surface area contributed by atoms with Crippen molar-refractivity contribution in [2.45, 2.75) is 12.6 Å². The molecule has 0 atom stereocenters. The molecule has 1 rings (SSSR count). The second kappa shape index (κ2) is 3.45. The highest BCUT2D eigenvalue weighted by Crippen LogP contribution is 1.97. The van der Waals surface area contributed by atoms with Gasteiger partial charge < -0.3 is 0 Å². The van der Waals surface area contributed by atoms with Crippen LogP contribution < -0.4 is 0 Å². The Bertz CT molecular complexity index is 193. The third-order valence-electron chi connectivity index (χ3n) is 1.59. The number of hydrogen-bond donors (Lipinski definition) is 0. The summed E-state index contributed by atoms with van der Waals surface area (Å²) in [6.45, 7) is 0. The summed E-state index contributed by atoms with van der Waals surface area (Å²) in [5.41, 5.74) is 2.39. The smallest absolute Gasteiger partial charge is 0.109 e. The van der Waals surface area contributed by atoms with E-state index in [9.17, 15) is 0 Å². The number of nitrogens with zero attached hydrogens (tertiary/aromatic N) is 1. The molecular formula is C7H11B2N. The maximum Gasteiger partial charge on any atom is 0.109 e. The molecule has 0 aliphatic heterocycles. The second-order valence-electron chi connectivity index (χ2n) is 2.33. The Labute approximate surface area is 63.7 Å². The quantitative estimate of drug-likeness (QED) is 0.485. The molecule has 1 heterocycles. The average molecular weight is 131 g/mol. The van der Waals surface area contributed by atoms with Gasteiger partial charge in [-0.25, -0.2) is 0 Å². The van der Waals surface area contributed by atoms with Gasteiger partial charge in [0.05, 0.1) is 0 Å². The van der Waals surface area contributed by atoms with Crippen LogP contribution in [0, 0.1) is 0 Å². The normalized spacial score (nSPS) is 9.60. The van der Waals surface area contributed by atoms with Crippen molar-refractivity contribution in [3.05, 3.63) is 29.6 Å². The van der Waals surface area contributed by atoms with E-state index < -0.39 is 0 Å². The third kappa shape index (κ3) is 1.63. The molecule has 0 saturated carbocycles. The highest BCUT2D eigenvalue weighted by Gasteiger charge is 1.91. The molecule has 0 fully saturated rings. The first kappa shape index (κ1) is 7.39. The largest absolute Gasteiger partial charge is 0.259 e. The van der Waals surface area contributed by atoms with Crippen molar-refractivity contribution in [2.75, 3.05) is 0 Å². The summed E-state index contributed by atoms with van der Waals surface area (Å²) in [5.74, 6) is 0. The van der Waals surface area contributed by atoms with E-state index >= 15 is 0 Å². The van der Waals surface area contributed by atoms with Crippen LogP contribution in [0.1, 0.15) is 11.4 Å². The molecule has 1 nitrogen and oxygen atoms in total. The minimum Gasteiger partial charge on any atom is -0.259 e. The van der Waals surface area contributed by atoms with Gasteiger partial charge in [0.15, 0.2) is 0 Å². The molecule has 0 bridgehead atoms. The van der Waals surface area contributed by atoms with E-state index in [-0.39, 0.29) is 0 Å². The first-order valence-electron chi connectivity index (χ1n) is 3.81. The van der Waals surface area contributed by atoms with Gasteiger partial charge in [-0.3, -0.25) is 4.98 Å². The summed E-state index contributed by atoms with van der Waals surface area (Å²) in [4.78, 5) is 4.41. The lowest BCUT2D eigenvalue weighted by molar-refractivity contribution is 1.08. The van der Waals surface area contributed by atoms with Crippen molar-refractivity contribution in [1.82, 2.24) is 4.98 Å². The SMILES string of the molecule is BCc1cccc(CB)n1. The fraction of sp³-hybridized carbons (Fsp3) is 0.286. The van der Waals surface area contributed by atoms with Gasteiger partial charge in [0.1, 0.15) is 15.7 Å². The number of pyridine rings is 1. The van der Waals surface area contributed by atoms with Crippen LogP contribution in [0.25, 0.3) is 0 Å². The summed E-state index contributed by atoms with van der Waals surface area (Å²) in [7, 11) is 4.25. The summed E-state index contributed by atoms with van der Waals surface area (Å²) in [6, 6.07) is 6.21. The van der Waals surface area contributed by atoms with E-state index in [2.05, 4.69) is 38.9 Å². The molecular weight excluding hydrogens is 120 g/mol. The first-order valence-corrected chi connectivity index (χ1v) is 3.81. The van der Waals surface area contributed by atoms with Crippen LogP contribution >= 0.6 is 0 Å². The van der Waals surface area contributed by atoms with E-state index in [1.807, 2.05) is 0 Å². The predicted octanol–water partition coefficient (Wildman–Crippen LogP) is -0.652. The van der Waals surface area contributed by atoms with Crippen LogP contribution in [0.15, 0.2) is 18.2 Å². The molecule has 0 aromatic carbocycles. The number of rotatable bonds is 2. The topological polar surface area (TPSA) is 12.9 Å². The molecule has 0 spiro atoms. The summed E-state index contributed by atoms with van der Waals surface area (Å²) >= 11 is 0. The average Bonchev–Trinajstić information content (AvgIpc) is 2.05. The van der Waals surface area contributed by atoms with E-state index in [0.29, 0.717) is 0 Å². The maximum absolute atomic E-state index is 4.41. The second-order valence-corrected chi connectivity index (χ2v) is 2.33. The van der Waals surface area contributed by atoms with Crippen LogP contribution in [0.4, 0.5) is 0 Å². The predicted molar refractivity (Wildman–Crippen MR) is 48.7 cm³/mol. The van der Waals surface area contributed by atoms with Crippen molar-refractivity contribution in [1.29, 1.82) is 0 Å². The van der Waals surface area contributed by atoms with Crippen LogP contribution in [0.3, 0.4) is 0 Å². The van der Waals surface area contributed by atoms with Gasteiger partial charge in [0, 0.05) is 11.4 Å². The van der Waals surface area contributed by atoms with E-state index in [4.69, 9.17) is 0 Å². The van der Waals surface area contributed by atoms with Gasteiger partial charge in [0.25, 0.3) is 0 Å². The van der Waals surface area contributed by atoms with Crippen molar-refractivity contribution in [3.63, 3.8) is 0 Å². The molecule has 0 aliphatic carbocycles. The molecule has 0 aliphatic rings. The zero-order valence-corrected chi connectivity index (χ0v) is 6.59. The highest BCUT2D eigenvalue weighted by atomic mass is 14.7. The van der Waals surface area contributed by atoms with E-state index in [1.54, 1.807) is 0 Å². The lowest BCUT2D eigenvalue weighted by Gasteiger charge is -1.97. The minimum atomic E-state index is 1.04. The van der Waals surface area contributed by atoms with Gasteiger partial charge in [-0.2, -0.15) is 0 Å². The molecule has 0 N–H and O–H groups in total. The Kier molecular flexibility index (Phi) is 2.55. The molecule has 0 radical (unpaired) electrons. The summed E-state index contributed by atoms with van der Waals surface area (Å²) in [5, 5.41) is 0. The van der Waals surface area contributed by atoms with Crippen LogP contribution in [0.5, 0.6) is 0 Å². The third-order valence-corrected chi connectivity index (χ3v) is 1.59. The minimum absolute atomic E-state index is 1.04. The molecule has 0 amide bonds. The molecule has 3 heteroatoms. The molecule has 10 heavy (non-hydrogen) atoms. The Balaban J connectivity index is 2.87. The van der Waals surface area contributed by atoms with Crippen molar-refractivity contribution in [3.8, 4) is 0 Å². The van der Waals surface area contributed by atoms with Gasteiger partial charge in [-0.05, 0) is 24.8 Å². The van der Waals surface area contributed by atoms with Gasteiger partial charge >= 0.3 is 0 Å². The molecule has 1 aromatic heterocycles. The first-order chi connectivity index (χ1) is 4.86. The standard InChI is InChI=1S/C7H11B2N/c8-4-6-2-1-3-7(5-9)10-6/h1-3H,4-5,8-9H2. The number of aromatic nitrogens is 1. The lowest BCUT2D eigenvalue weighted by Crippen LogP contribution is -1.94. The molecule has 50 valence electrons. The molecule has 0 unspecified atom stereocenters. The van der Waals surface area contributed by atoms with Crippen LogP contribution in [-0.2, 0) is 12.6 Å². The van der Waals surface area contributed by atoms with E-state index in [1.165, 1.54) is 11.4 Å². The monoisotopic (exact) mass is 131 g/mol. The fourth-order valence-electron chi connectivity index (χ4n) is 0.923. The molecule has 1 aromatic rings. The van der Waals surface area contributed by atoms with Gasteiger partial charge in [0.2, 0.25) is 0 Å². The highest BCUT2D eigenvalue weighted by molar-refractivity contribution is 6.08. The summed E-state index contributed by atoms with van der Waals surface area (Å²) < 4.78 is 0. The van der Waals surface area contributed by atoms with Crippen molar-refractivity contribution in [2.24, 2.45) is 0 Å². The zero-order valence-electron chi connectivity index (χ0n) is 6.59. The van der Waals surface area contributed by atoms with Gasteiger partial charge in [-0.1, -0.05) is 6.07 Å². The van der Waals surface area contributed by atoms with E-state index in [0.717, 1.165) is 12.6 Å². The van der Waals surface area contributed by atoms with Crippen molar-refractivity contribution < 1.29 is 0 Å². The number of hydrogen-bond acceptors (Lipinski definition) is 1. The Morgan fingerprint density at radius 3 is 2.00 bits per heavy atom. The lowest BCUT2D eigenvalue weighted by atomic mass is 9.98. The Morgan fingerprint density at radius 2 is 1.60 bits per heavy atom. The summed E-state index contributed by atoms with van der Waals surface area (Å²) in [6.07, 6.45) is 2.07. The Morgan fingerprint density at radius 1 is 1.10 bits per heavy atom. The van der Waals surface area contributed by atoms with Gasteiger partial charge in [-0.15, -0.1) is 0 Å². The fourth-order valence-corrected chi connectivity index (χ4v) is 0.923. The van der Waals surface area contributed by atoms with Crippen LogP contribution in [-0.4, -0.2) is 20.7 Å². The van der Waals surface area contributed by atoms with Crippen LogP contribution in [0.2, 0.25) is 0 Å². The zero-order chi connectivity index (χ0) is 7.40. The molecule has 0 saturated heterocycles. The Hall–Kier alpha value is -0.720. The maximum atomic E-state index is 4.41. The van der Waals surface area contributed by atoms with Crippen molar-refractivity contribution >= 4 is 15.7 Å².